The van der Waals surface area contributed by atoms with Gasteiger partial charge in [0, 0.05) is 23.7 Å². The molecule has 1 aromatic carbocycles. The van der Waals surface area contributed by atoms with E-state index >= 15 is 0 Å². The molecule has 1 saturated heterocycles. The normalized spacial score (nSPS) is 18.2. The molecule has 0 bridgehead atoms. The summed E-state index contributed by atoms with van der Waals surface area (Å²) in [6.45, 7) is 0.544. The number of aromatic hydroxyl groups is 1. The zero-order valence-corrected chi connectivity index (χ0v) is 14.1. The highest BCUT2D eigenvalue weighted by Gasteiger charge is 2.37. The number of hydrogen-bond donors (Lipinski definition) is 2. The lowest BCUT2D eigenvalue weighted by Gasteiger charge is -2.32. The molecule has 0 unspecified atom stereocenters. The number of alkyl halides is 3. The van der Waals surface area contributed by atoms with Gasteiger partial charge in [-0.25, -0.2) is 0 Å². The van der Waals surface area contributed by atoms with Crippen LogP contribution in [0.15, 0.2) is 24.3 Å². The maximum Gasteiger partial charge on any atom is 0.418 e. The summed E-state index contributed by atoms with van der Waals surface area (Å²) < 4.78 is 46.0. The molecule has 2 heterocycles. The number of hydrogen-bond acceptors (Lipinski definition) is 6. The van der Waals surface area contributed by atoms with E-state index in [-0.39, 0.29) is 36.2 Å². The summed E-state index contributed by atoms with van der Waals surface area (Å²) in [5, 5.41) is 26.9. The van der Waals surface area contributed by atoms with Crippen LogP contribution in [0.3, 0.4) is 0 Å². The van der Waals surface area contributed by atoms with Gasteiger partial charge in [-0.2, -0.15) is 13.2 Å². The van der Waals surface area contributed by atoms with Gasteiger partial charge in [-0.15, -0.1) is 10.2 Å². The Hall–Kier alpha value is -2.10. The Morgan fingerprint density at radius 1 is 1.27 bits per heavy atom. The third-order valence-corrected chi connectivity index (χ3v) is 4.20. The molecule has 1 aromatic heterocycles. The quantitative estimate of drug-likeness (QED) is 0.840. The van der Waals surface area contributed by atoms with Gasteiger partial charge in [-0.3, -0.25) is 0 Å². The first kappa shape index (κ1) is 18.7. The van der Waals surface area contributed by atoms with Crippen molar-refractivity contribution in [2.75, 3.05) is 31.2 Å². The van der Waals surface area contributed by atoms with E-state index < -0.39 is 29.3 Å². The number of benzene rings is 1. The van der Waals surface area contributed by atoms with Crippen molar-refractivity contribution in [3.8, 4) is 17.0 Å². The Bertz CT molecular complexity index is 804. The Morgan fingerprint density at radius 2 is 2.04 bits per heavy atom. The van der Waals surface area contributed by atoms with Crippen LogP contribution < -0.4 is 4.90 Å². The summed E-state index contributed by atoms with van der Waals surface area (Å²) in [5.41, 5.74) is -1.62. The third kappa shape index (κ3) is 3.84. The van der Waals surface area contributed by atoms with Crippen molar-refractivity contribution in [1.29, 1.82) is 0 Å². The molecule has 0 spiro atoms. The molecule has 10 heteroatoms. The fourth-order valence-corrected chi connectivity index (χ4v) is 2.86. The van der Waals surface area contributed by atoms with E-state index in [0.717, 1.165) is 12.1 Å². The van der Waals surface area contributed by atoms with E-state index in [2.05, 4.69) is 10.2 Å². The van der Waals surface area contributed by atoms with Gasteiger partial charge in [-0.1, -0.05) is 11.6 Å². The van der Waals surface area contributed by atoms with Crippen molar-refractivity contribution < 1.29 is 28.1 Å². The lowest BCUT2D eigenvalue weighted by molar-refractivity contribution is -0.137. The highest BCUT2D eigenvalue weighted by molar-refractivity contribution is 6.30. The minimum atomic E-state index is -4.70. The second kappa shape index (κ2) is 7.26. The Morgan fingerprint density at radius 3 is 2.69 bits per heavy atom. The van der Waals surface area contributed by atoms with E-state index in [1.165, 1.54) is 12.1 Å². The molecule has 1 atom stereocenters. The predicted molar refractivity (Wildman–Crippen MR) is 88.2 cm³/mol. The van der Waals surface area contributed by atoms with Crippen LogP contribution in [0.5, 0.6) is 5.75 Å². The summed E-state index contributed by atoms with van der Waals surface area (Å²) in [4.78, 5) is 1.57. The molecule has 0 amide bonds. The fourth-order valence-electron chi connectivity index (χ4n) is 2.69. The van der Waals surface area contributed by atoms with Gasteiger partial charge >= 0.3 is 6.18 Å². The Kier molecular flexibility index (Phi) is 5.22. The van der Waals surface area contributed by atoms with Crippen LogP contribution in [0.4, 0.5) is 19.0 Å². The highest BCUT2D eigenvalue weighted by atomic mass is 35.5. The molecule has 0 aliphatic carbocycles. The predicted octanol–water partition coefficient (Wildman–Crippen LogP) is 2.72. The van der Waals surface area contributed by atoms with Crippen molar-refractivity contribution in [3.05, 3.63) is 34.9 Å². The monoisotopic (exact) mass is 389 g/mol. The average Bonchev–Trinajstić information content (AvgIpc) is 2.61. The van der Waals surface area contributed by atoms with E-state index in [9.17, 15) is 23.4 Å². The van der Waals surface area contributed by atoms with Gasteiger partial charge in [0.05, 0.1) is 24.9 Å². The van der Waals surface area contributed by atoms with E-state index in [1.807, 2.05) is 0 Å². The molecule has 1 fully saturated rings. The average molecular weight is 390 g/mol. The largest absolute Gasteiger partial charge is 0.507 e. The SMILES string of the molecule is OC[C@@H]1CN(c2cc(C(F)(F)F)c(-c3ccc(Cl)cc3O)nn2)CCO1. The number of halogens is 4. The maximum atomic E-state index is 13.6. The number of aromatic nitrogens is 2. The minimum absolute atomic E-state index is 0.0243. The number of ether oxygens (including phenoxy) is 1. The van der Waals surface area contributed by atoms with Gasteiger partial charge in [0.15, 0.2) is 5.82 Å². The van der Waals surface area contributed by atoms with Crippen LogP contribution in [0.2, 0.25) is 5.02 Å². The van der Waals surface area contributed by atoms with Crippen LogP contribution in [-0.2, 0) is 10.9 Å². The molecule has 140 valence electrons. The molecule has 3 rings (SSSR count). The van der Waals surface area contributed by atoms with Crippen molar-refractivity contribution in [3.63, 3.8) is 0 Å². The van der Waals surface area contributed by atoms with Gasteiger partial charge in [0.2, 0.25) is 0 Å². The molecule has 6 nitrogen and oxygen atoms in total. The summed E-state index contributed by atoms with van der Waals surface area (Å²) in [5.74, 6) is -0.395. The fraction of sp³-hybridized carbons (Fsp3) is 0.375. The van der Waals surface area contributed by atoms with Gasteiger partial charge < -0.3 is 19.8 Å². The standard InChI is InChI=1S/C16H15ClF3N3O3/c17-9-1-2-11(13(25)5-9)15-12(16(18,19)20)6-14(21-22-15)23-3-4-26-10(7-23)8-24/h1-2,5-6,10,24-25H,3-4,7-8H2/t10-/m0/s1. The highest BCUT2D eigenvalue weighted by Crippen LogP contribution is 2.40. The molecular formula is C16H15ClF3N3O3. The van der Waals surface area contributed by atoms with E-state index in [4.69, 9.17) is 16.3 Å². The number of phenolic OH excluding ortho intramolecular Hbond substituents is 1. The first-order valence-electron chi connectivity index (χ1n) is 7.71. The number of aliphatic hydroxyl groups excluding tert-OH is 1. The first-order chi connectivity index (χ1) is 12.3. The summed E-state index contributed by atoms with van der Waals surface area (Å²) in [6, 6.07) is 4.64. The van der Waals surface area contributed by atoms with Gasteiger partial charge in [0.25, 0.3) is 0 Å². The topological polar surface area (TPSA) is 78.7 Å². The number of rotatable bonds is 3. The number of phenols is 1. The van der Waals surface area contributed by atoms with Crippen LogP contribution in [-0.4, -0.2) is 52.8 Å². The van der Waals surface area contributed by atoms with E-state index in [1.54, 1.807) is 4.90 Å². The van der Waals surface area contributed by atoms with Gasteiger partial charge in [0.1, 0.15) is 11.4 Å². The number of nitrogens with zero attached hydrogens (tertiary/aromatic N) is 3. The first-order valence-corrected chi connectivity index (χ1v) is 8.08. The summed E-state index contributed by atoms with van der Waals surface area (Å²) in [6.07, 6.45) is -5.20. The zero-order valence-electron chi connectivity index (χ0n) is 13.4. The molecule has 26 heavy (non-hydrogen) atoms. The Balaban J connectivity index is 2.04. The lowest BCUT2D eigenvalue weighted by atomic mass is 10.0. The minimum Gasteiger partial charge on any atom is -0.507 e. The van der Waals surface area contributed by atoms with Crippen LogP contribution in [0.1, 0.15) is 5.56 Å². The van der Waals surface area contributed by atoms with Gasteiger partial charge in [-0.05, 0) is 24.3 Å². The number of aliphatic hydroxyl groups is 1. The van der Waals surface area contributed by atoms with E-state index in [0.29, 0.717) is 6.54 Å². The van der Waals surface area contributed by atoms with Crippen LogP contribution in [0, 0.1) is 0 Å². The smallest absolute Gasteiger partial charge is 0.418 e. The molecular weight excluding hydrogens is 375 g/mol. The second-order valence-electron chi connectivity index (χ2n) is 5.75. The van der Waals surface area contributed by atoms with Crippen molar-refractivity contribution in [2.45, 2.75) is 12.3 Å². The molecule has 2 aromatic rings. The third-order valence-electron chi connectivity index (χ3n) is 3.97. The lowest BCUT2D eigenvalue weighted by Crippen LogP contribution is -2.44. The van der Waals surface area contributed by atoms with Crippen molar-refractivity contribution in [2.24, 2.45) is 0 Å². The summed E-state index contributed by atoms with van der Waals surface area (Å²) in [7, 11) is 0. The second-order valence-corrected chi connectivity index (χ2v) is 6.18. The zero-order chi connectivity index (χ0) is 18.9. The number of anilines is 1. The van der Waals surface area contributed by atoms with Crippen molar-refractivity contribution in [1.82, 2.24) is 10.2 Å². The van der Waals surface area contributed by atoms with Crippen LogP contribution in [0.25, 0.3) is 11.3 Å². The number of morpholine rings is 1. The summed E-state index contributed by atoms with van der Waals surface area (Å²) >= 11 is 5.73. The van der Waals surface area contributed by atoms with Crippen LogP contribution >= 0.6 is 11.6 Å². The maximum absolute atomic E-state index is 13.6. The van der Waals surface area contributed by atoms with Crippen molar-refractivity contribution >= 4 is 17.4 Å². The molecule has 0 radical (unpaired) electrons. The molecule has 1 aliphatic rings. The molecule has 1 aliphatic heterocycles. The Labute approximate surface area is 151 Å². The molecule has 0 saturated carbocycles. The molecule has 2 N–H and O–H groups in total.